The third-order valence-corrected chi connectivity index (χ3v) is 9.96. The molecule has 2 aliphatic heterocycles. The monoisotopic (exact) mass is 579 g/mol. The summed E-state index contributed by atoms with van der Waals surface area (Å²) in [5.74, 6) is -1.25. The van der Waals surface area contributed by atoms with Crippen LogP contribution in [0.2, 0.25) is 0 Å². The van der Waals surface area contributed by atoms with E-state index in [9.17, 15) is 14.4 Å². The molecule has 1 amide bonds. The van der Waals surface area contributed by atoms with Gasteiger partial charge in [-0.3, -0.25) is 14.5 Å². The second kappa shape index (κ2) is 10.6. The number of carbonyl (C=O) groups is 3. The fraction of sp³-hybridized carbons (Fsp3) is 0.833. The Kier molecular flexibility index (Phi) is 8.23. The molecule has 0 aromatic heterocycles. The van der Waals surface area contributed by atoms with Crippen LogP contribution in [0.5, 0.6) is 0 Å². The highest BCUT2D eigenvalue weighted by molar-refractivity contribution is 5.93. The third kappa shape index (κ3) is 4.81. The minimum absolute atomic E-state index is 0.0189. The molecular weight excluding hydrogens is 530 g/mol. The number of ketones is 1. The van der Waals surface area contributed by atoms with Crippen molar-refractivity contribution in [1.29, 1.82) is 0 Å². The lowest BCUT2D eigenvalue weighted by Gasteiger charge is -2.74. The molecule has 0 radical (unpaired) electrons. The number of esters is 1. The first kappa shape index (κ1) is 31.9. The second-order valence-corrected chi connectivity index (χ2v) is 13.9. The van der Waals surface area contributed by atoms with Crippen LogP contribution < -0.4 is 5.32 Å². The normalized spacial score (nSPS) is 43.1. The Morgan fingerprint density at radius 2 is 1.78 bits per heavy atom. The standard InChI is InChI=1S/C30H49N3O8/c1-12-27(5)17-19(35)30-28(6)20(38-25(40-30)33(10)11)13-14-26(3,4)22(28)21(39-24(36)31-15-16-32(8)9)23(37-18(2)34)29(30,7)41-27/h12,20-23,25H,1,13-17H2,2-11H3,(H,31,36)/t20-,21-,22-,23-,25?,27-,28-,29+,30-/m0/s1. The van der Waals surface area contributed by atoms with Gasteiger partial charge in [0.2, 0.25) is 6.41 Å². The molecule has 0 aromatic rings. The van der Waals surface area contributed by atoms with E-state index in [1.165, 1.54) is 6.92 Å². The van der Waals surface area contributed by atoms with E-state index >= 15 is 0 Å². The van der Waals surface area contributed by atoms with Crippen LogP contribution in [0, 0.1) is 16.7 Å². The summed E-state index contributed by atoms with van der Waals surface area (Å²) in [5, 5.41) is 2.83. The van der Waals surface area contributed by atoms with Crippen LogP contribution in [0.4, 0.5) is 4.79 Å². The van der Waals surface area contributed by atoms with Crippen molar-refractivity contribution in [3.8, 4) is 0 Å². The van der Waals surface area contributed by atoms with Gasteiger partial charge in [-0.05, 0) is 60.3 Å². The molecule has 4 rings (SSSR count). The average Bonchev–Trinajstić information content (AvgIpc) is 2.83. The van der Waals surface area contributed by atoms with E-state index in [0.29, 0.717) is 19.5 Å². The van der Waals surface area contributed by atoms with Crippen molar-refractivity contribution in [1.82, 2.24) is 15.1 Å². The van der Waals surface area contributed by atoms with E-state index in [0.717, 1.165) is 6.42 Å². The maximum Gasteiger partial charge on any atom is 0.407 e. The Labute approximate surface area is 244 Å². The van der Waals surface area contributed by atoms with Crippen LogP contribution >= 0.6 is 0 Å². The lowest BCUT2D eigenvalue weighted by Crippen LogP contribution is -2.90. The summed E-state index contributed by atoms with van der Waals surface area (Å²) in [5.41, 5.74) is -5.71. The molecule has 11 heteroatoms. The van der Waals surface area contributed by atoms with Crippen molar-refractivity contribution in [2.45, 2.75) is 102 Å². The maximum atomic E-state index is 14.8. The number of alkyl carbamates (subject to hydrolysis) is 1. The minimum Gasteiger partial charge on any atom is -0.455 e. The smallest absolute Gasteiger partial charge is 0.407 e. The first-order chi connectivity index (χ1) is 18.9. The van der Waals surface area contributed by atoms with Gasteiger partial charge in [0.1, 0.15) is 11.7 Å². The highest BCUT2D eigenvalue weighted by Gasteiger charge is 2.85. The summed E-state index contributed by atoms with van der Waals surface area (Å²) < 4.78 is 32.6. The van der Waals surface area contributed by atoms with Crippen LogP contribution in [-0.2, 0) is 33.3 Å². The highest BCUT2D eigenvalue weighted by Crippen LogP contribution is 2.70. The summed E-state index contributed by atoms with van der Waals surface area (Å²) >= 11 is 0. The van der Waals surface area contributed by atoms with Crippen molar-refractivity contribution in [3.05, 3.63) is 12.7 Å². The van der Waals surface area contributed by atoms with E-state index < -0.39 is 70.3 Å². The fourth-order valence-electron chi connectivity index (χ4n) is 8.31. The lowest BCUT2D eigenvalue weighted by atomic mass is 9.39. The summed E-state index contributed by atoms with van der Waals surface area (Å²) in [4.78, 5) is 44.6. The number of rotatable bonds is 7. The number of likely N-dealkylation sites (N-methyl/N-ethyl adjacent to an activating group) is 1. The van der Waals surface area contributed by atoms with Gasteiger partial charge in [0.15, 0.2) is 17.5 Å². The molecular formula is C30H49N3O8. The van der Waals surface area contributed by atoms with Crippen molar-refractivity contribution in [2.75, 3.05) is 41.3 Å². The molecule has 2 heterocycles. The number of carbonyl (C=O) groups excluding carboxylic acids is 3. The van der Waals surface area contributed by atoms with Gasteiger partial charge in [-0.2, -0.15) is 0 Å². The molecule has 2 saturated carbocycles. The molecule has 2 saturated heterocycles. The van der Waals surface area contributed by atoms with Crippen LogP contribution in [0.3, 0.4) is 0 Å². The van der Waals surface area contributed by atoms with Gasteiger partial charge in [-0.1, -0.05) is 26.8 Å². The molecule has 41 heavy (non-hydrogen) atoms. The minimum atomic E-state index is -1.59. The Morgan fingerprint density at radius 1 is 1.12 bits per heavy atom. The van der Waals surface area contributed by atoms with Crippen LogP contribution in [-0.4, -0.2) is 110 Å². The first-order valence-corrected chi connectivity index (χ1v) is 14.5. The molecule has 2 aliphatic carbocycles. The Morgan fingerprint density at radius 3 is 2.34 bits per heavy atom. The number of hydrogen-bond acceptors (Lipinski definition) is 10. The number of ether oxygens (including phenoxy) is 5. The highest BCUT2D eigenvalue weighted by atomic mass is 16.7. The van der Waals surface area contributed by atoms with Crippen molar-refractivity contribution < 1.29 is 38.1 Å². The maximum absolute atomic E-state index is 14.8. The third-order valence-electron chi connectivity index (χ3n) is 9.96. The predicted octanol–water partition coefficient (Wildman–Crippen LogP) is 2.72. The zero-order valence-corrected chi connectivity index (χ0v) is 26.4. The second-order valence-electron chi connectivity index (χ2n) is 13.9. The van der Waals surface area contributed by atoms with Crippen LogP contribution in [0.1, 0.15) is 60.8 Å². The summed E-state index contributed by atoms with van der Waals surface area (Å²) in [6.07, 6.45) is -1.03. The molecule has 232 valence electrons. The molecule has 0 bridgehead atoms. The molecule has 1 N–H and O–H groups in total. The zero-order chi connectivity index (χ0) is 30.8. The van der Waals surface area contributed by atoms with E-state index in [2.05, 4.69) is 25.7 Å². The quantitative estimate of drug-likeness (QED) is 0.357. The van der Waals surface area contributed by atoms with Gasteiger partial charge >= 0.3 is 12.1 Å². The van der Waals surface area contributed by atoms with E-state index in [-0.39, 0.29) is 12.2 Å². The number of nitrogens with one attached hydrogen (secondary N) is 1. The van der Waals surface area contributed by atoms with Gasteiger partial charge in [0, 0.05) is 37.8 Å². The van der Waals surface area contributed by atoms with Gasteiger partial charge in [-0.25, -0.2) is 4.79 Å². The number of nitrogens with zero attached hydrogens (tertiary/aromatic N) is 2. The Bertz CT molecular complexity index is 1080. The molecule has 4 aliphatic rings. The Hall–Kier alpha value is -2.05. The van der Waals surface area contributed by atoms with Gasteiger partial charge < -0.3 is 33.9 Å². The summed E-state index contributed by atoms with van der Waals surface area (Å²) in [7, 11) is 7.47. The largest absolute Gasteiger partial charge is 0.455 e. The topological polar surface area (TPSA) is 116 Å². The van der Waals surface area contributed by atoms with E-state index in [1.807, 2.05) is 40.0 Å². The SMILES string of the molecule is C=C[C@@]1(C)CC(=O)[C@@]23OC(N(C)C)O[C@H]4CCC(C)(C)[C@H]([C@H](OC(=O)NCCN(C)C)[C@H](OC(C)=O)[C@@]2(C)O1)[C@]43C. The number of Topliss-reactive ketones (excluding diaryl/α,β-unsaturated/α-hetero) is 1. The van der Waals surface area contributed by atoms with Crippen molar-refractivity contribution in [3.63, 3.8) is 0 Å². The van der Waals surface area contributed by atoms with Gasteiger partial charge in [-0.15, -0.1) is 6.58 Å². The molecule has 0 aromatic carbocycles. The van der Waals surface area contributed by atoms with Crippen molar-refractivity contribution >= 4 is 17.8 Å². The molecule has 1 unspecified atom stereocenters. The molecule has 11 nitrogen and oxygen atoms in total. The van der Waals surface area contributed by atoms with Crippen molar-refractivity contribution in [2.24, 2.45) is 16.7 Å². The molecule has 4 fully saturated rings. The molecule has 9 atom stereocenters. The van der Waals surface area contributed by atoms with E-state index in [1.54, 1.807) is 24.8 Å². The molecule has 1 spiro atoms. The number of amides is 1. The Balaban J connectivity index is 1.97. The summed E-state index contributed by atoms with van der Waals surface area (Å²) in [6, 6.07) is 0. The number of hydrogen-bond donors (Lipinski definition) is 1. The summed E-state index contributed by atoms with van der Waals surface area (Å²) in [6.45, 7) is 16.0. The van der Waals surface area contributed by atoms with Gasteiger partial charge in [0.05, 0.1) is 11.7 Å². The van der Waals surface area contributed by atoms with Gasteiger partial charge in [0.25, 0.3) is 0 Å². The average molecular weight is 580 g/mol. The lowest BCUT2D eigenvalue weighted by molar-refractivity contribution is -0.456. The first-order valence-electron chi connectivity index (χ1n) is 14.5. The van der Waals surface area contributed by atoms with Crippen LogP contribution in [0.15, 0.2) is 12.7 Å². The van der Waals surface area contributed by atoms with Crippen LogP contribution in [0.25, 0.3) is 0 Å². The fourth-order valence-corrected chi connectivity index (χ4v) is 8.31. The zero-order valence-electron chi connectivity index (χ0n) is 26.4. The predicted molar refractivity (Wildman–Crippen MR) is 151 cm³/mol. The van der Waals surface area contributed by atoms with E-state index in [4.69, 9.17) is 23.7 Å².